The quantitative estimate of drug-likeness (QED) is 0.440. The highest BCUT2D eigenvalue weighted by Gasteiger charge is 2.32. The third kappa shape index (κ3) is 2.06. The first-order valence-corrected chi connectivity index (χ1v) is 4.81. The maximum Gasteiger partial charge on any atom is 0.251 e. The summed E-state index contributed by atoms with van der Waals surface area (Å²) in [6.07, 6.45) is 3.05. The number of nitro groups is 1. The van der Waals surface area contributed by atoms with Crippen LogP contribution in [0.5, 0.6) is 0 Å². The highest BCUT2D eigenvalue weighted by Crippen LogP contribution is 2.25. The molecule has 0 saturated carbocycles. The van der Waals surface area contributed by atoms with Crippen molar-refractivity contribution in [3.05, 3.63) is 33.8 Å². The Balaban J connectivity index is 2.95. The molecular weight excluding hydrogens is 254 g/mol. The number of hydrogen-bond acceptors (Lipinski definition) is 4. The zero-order valence-corrected chi connectivity index (χ0v) is 9.35. The molecule has 0 heterocycles. The van der Waals surface area contributed by atoms with Crippen molar-refractivity contribution in [2.75, 3.05) is 14.2 Å². The molecule has 0 spiro atoms. The molecule has 1 aliphatic carbocycles. The highest BCUT2D eigenvalue weighted by molar-refractivity contribution is 9.09. The van der Waals surface area contributed by atoms with Gasteiger partial charge in [0.05, 0.1) is 14.2 Å². The number of methoxy groups -OCH3 is 2. The van der Waals surface area contributed by atoms with Crippen molar-refractivity contribution >= 4 is 15.9 Å². The van der Waals surface area contributed by atoms with Gasteiger partial charge in [-0.2, -0.15) is 0 Å². The molecule has 0 aliphatic heterocycles. The van der Waals surface area contributed by atoms with E-state index in [0.717, 1.165) is 0 Å². The van der Waals surface area contributed by atoms with Crippen LogP contribution in [0.3, 0.4) is 0 Å². The third-order valence-electron chi connectivity index (χ3n) is 1.89. The minimum absolute atomic E-state index is 0.369. The Labute approximate surface area is 89.7 Å². The van der Waals surface area contributed by atoms with Crippen LogP contribution >= 0.6 is 15.9 Å². The van der Waals surface area contributed by atoms with Gasteiger partial charge in [-0.15, -0.1) is 0 Å². The Bertz CT molecular complexity index is 300. The van der Waals surface area contributed by atoms with Crippen LogP contribution in [0, 0.1) is 10.1 Å². The van der Waals surface area contributed by atoms with Gasteiger partial charge in [0.15, 0.2) is 11.5 Å². The minimum atomic E-state index is -0.816. The first kappa shape index (κ1) is 11.0. The minimum Gasteiger partial charge on any atom is -0.493 e. The number of hydrogen-bond donors (Lipinski definition) is 0. The Kier molecular flexibility index (Phi) is 3.51. The molecule has 14 heavy (non-hydrogen) atoms. The van der Waals surface area contributed by atoms with Crippen LogP contribution in [0.25, 0.3) is 0 Å². The Hall–Kier alpha value is -1.04. The molecule has 0 N–H and O–H groups in total. The average molecular weight is 264 g/mol. The van der Waals surface area contributed by atoms with E-state index in [1.54, 1.807) is 6.08 Å². The molecule has 2 atom stereocenters. The van der Waals surface area contributed by atoms with Gasteiger partial charge in [0, 0.05) is 11.0 Å². The van der Waals surface area contributed by atoms with E-state index in [2.05, 4.69) is 15.9 Å². The number of nitrogens with zero attached hydrogens (tertiary/aromatic N) is 1. The smallest absolute Gasteiger partial charge is 0.251 e. The van der Waals surface area contributed by atoms with Crippen LogP contribution in [0.2, 0.25) is 0 Å². The second-order valence-electron chi connectivity index (χ2n) is 2.69. The second kappa shape index (κ2) is 4.45. The molecule has 0 amide bonds. The fraction of sp³-hybridized carbons (Fsp3) is 0.500. The molecule has 78 valence electrons. The summed E-state index contributed by atoms with van der Waals surface area (Å²) < 4.78 is 9.97. The zero-order valence-electron chi connectivity index (χ0n) is 7.77. The predicted molar refractivity (Wildman–Crippen MR) is 53.7 cm³/mol. The SMILES string of the molecule is COC1=CC(Br)C([N+](=O)[O-])C=C1OC. The van der Waals surface area contributed by atoms with E-state index in [-0.39, 0.29) is 9.75 Å². The van der Waals surface area contributed by atoms with Gasteiger partial charge in [0.1, 0.15) is 4.83 Å². The van der Waals surface area contributed by atoms with E-state index < -0.39 is 6.04 Å². The fourth-order valence-corrected chi connectivity index (χ4v) is 1.75. The molecule has 0 radical (unpaired) electrons. The summed E-state index contributed by atoms with van der Waals surface area (Å²) in [4.78, 5) is 9.88. The summed E-state index contributed by atoms with van der Waals surface area (Å²) in [6, 6.07) is -0.816. The van der Waals surface area contributed by atoms with E-state index in [1.165, 1.54) is 20.3 Å². The second-order valence-corrected chi connectivity index (χ2v) is 3.75. The van der Waals surface area contributed by atoms with E-state index in [4.69, 9.17) is 9.47 Å². The molecule has 6 heteroatoms. The lowest BCUT2D eigenvalue weighted by atomic mass is 10.1. The van der Waals surface area contributed by atoms with Gasteiger partial charge in [0.25, 0.3) is 6.04 Å². The van der Waals surface area contributed by atoms with Crippen LogP contribution in [0.4, 0.5) is 0 Å². The van der Waals surface area contributed by atoms with Crippen LogP contribution in [-0.2, 0) is 9.47 Å². The lowest BCUT2D eigenvalue weighted by Gasteiger charge is -2.19. The Morgan fingerprint density at radius 3 is 2.29 bits per heavy atom. The molecule has 0 fully saturated rings. The van der Waals surface area contributed by atoms with Crippen LogP contribution in [0.1, 0.15) is 0 Å². The van der Waals surface area contributed by atoms with E-state index in [1.807, 2.05) is 0 Å². The molecular formula is C8H10BrNO4. The van der Waals surface area contributed by atoms with Gasteiger partial charge in [0.2, 0.25) is 0 Å². The number of ether oxygens (including phenoxy) is 2. The summed E-state index contributed by atoms with van der Waals surface area (Å²) in [5.74, 6) is 0.900. The number of rotatable bonds is 3. The standard InChI is InChI=1S/C8H10BrNO4/c1-13-7-3-5(9)6(10(11)12)4-8(7)14-2/h3-6H,1-2H3. The van der Waals surface area contributed by atoms with Crippen molar-refractivity contribution in [2.45, 2.75) is 10.9 Å². The average Bonchev–Trinajstić information content (AvgIpc) is 2.16. The maximum absolute atomic E-state index is 10.6. The van der Waals surface area contributed by atoms with E-state index in [0.29, 0.717) is 11.5 Å². The zero-order chi connectivity index (χ0) is 10.7. The van der Waals surface area contributed by atoms with Gasteiger partial charge in [-0.25, -0.2) is 0 Å². The summed E-state index contributed by atoms with van der Waals surface area (Å²) in [5.41, 5.74) is 0. The first-order valence-electron chi connectivity index (χ1n) is 3.89. The lowest BCUT2D eigenvalue weighted by molar-refractivity contribution is -0.507. The summed E-state index contributed by atoms with van der Waals surface area (Å²) in [7, 11) is 2.94. The Morgan fingerprint density at radius 1 is 1.36 bits per heavy atom. The summed E-state index contributed by atoms with van der Waals surface area (Å²) in [5, 5.41) is 10.6. The molecule has 0 aromatic rings. The molecule has 0 aromatic heterocycles. The molecule has 5 nitrogen and oxygen atoms in total. The summed E-state index contributed by atoms with van der Waals surface area (Å²) in [6.45, 7) is 0. The van der Waals surface area contributed by atoms with Crippen molar-refractivity contribution in [1.82, 2.24) is 0 Å². The highest BCUT2D eigenvalue weighted by atomic mass is 79.9. The molecule has 2 unspecified atom stereocenters. The molecule has 0 aromatic carbocycles. The monoisotopic (exact) mass is 263 g/mol. The van der Waals surface area contributed by atoms with Crippen LogP contribution in [-0.4, -0.2) is 30.0 Å². The summed E-state index contributed by atoms with van der Waals surface area (Å²) >= 11 is 3.20. The van der Waals surface area contributed by atoms with Crippen LogP contribution < -0.4 is 0 Å². The van der Waals surface area contributed by atoms with Gasteiger partial charge >= 0.3 is 0 Å². The largest absolute Gasteiger partial charge is 0.493 e. The van der Waals surface area contributed by atoms with Crippen molar-refractivity contribution in [3.63, 3.8) is 0 Å². The fourth-order valence-electron chi connectivity index (χ4n) is 1.17. The van der Waals surface area contributed by atoms with Crippen molar-refractivity contribution in [3.8, 4) is 0 Å². The maximum atomic E-state index is 10.6. The Morgan fingerprint density at radius 2 is 1.86 bits per heavy atom. The van der Waals surface area contributed by atoms with Gasteiger partial charge in [-0.3, -0.25) is 10.1 Å². The van der Waals surface area contributed by atoms with Crippen molar-refractivity contribution < 1.29 is 14.4 Å². The number of alkyl halides is 1. The molecule has 1 rings (SSSR count). The molecule has 0 saturated heterocycles. The topological polar surface area (TPSA) is 61.6 Å². The molecule has 1 aliphatic rings. The van der Waals surface area contributed by atoms with Gasteiger partial charge in [-0.1, -0.05) is 15.9 Å². The first-order chi connectivity index (χ1) is 6.60. The molecule has 0 bridgehead atoms. The number of halogens is 1. The van der Waals surface area contributed by atoms with E-state index in [9.17, 15) is 10.1 Å². The van der Waals surface area contributed by atoms with Gasteiger partial charge in [-0.05, 0) is 6.08 Å². The van der Waals surface area contributed by atoms with Crippen molar-refractivity contribution in [2.24, 2.45) is 0 Å². The van der Waals surface area contributed by atoms with Crippen LogP contribution in [0.15, 0.2) is 23.7 Å². The lowest BCUT2D eigenvalue weighted by Crippen LogP contribution is -2.30. The van der Waals surface area contributed by atoms with E-state index >= 15 is 0 Å². The van der Waals surface area contributed by atoms with Crippen molar-refractivity contribution in [1.29, 1.82) is 0 Å². The third-order valence-corrected chi connectivity index (χ3v) is 2.69. The van der Waals surface area contributed by atoms with Gasteiger partial charge < -0.3 is 9.47 Å². The predicted octanol–water partition coefficient (Wildman–Crippen LogP) is 1.47. The normalized spacial score (nSPS) is 26.2.